The van der Waals surface area contributed by atoms with Gasteiger partial charge in [0.2, 0.25) is 0 Å². The van der Waals surface area contributed by atoms with E-state index in [4.69, 9.17) is 0 Å². The average molecular weight is 438 g/mol. The SMILES string of the molecule is CCCCCCCCCCCCCCCCCC(c1ccccc1)[N+](C)(C)CC.[Cl-]. The molecule has 0 aliphatic carbocycles. The zero-order valence-corrected chi connectivity index (χ0v) is 21.6. The Labute approximate surface area is 196 Å². The molecule has 0 aromatic heterocycles. The van der Waals surface area contributed by atoms with E-state index < -0.39 is 0 Å². The largest absolute Gasteiger partial charge is 1.00 e. The molecule has 0 heterocycles. The summed E-state index contributed by atoms with van der Waals surface area (Å²) in [7, 11) is 4.78. The van der Waals surface area contributed by atoms with E-state index in [0.717, 1.165) is 4.48 Å². The molecule has 1 rings (SSSR count). The highest BCUT2D eigenvalue weighted by Gasteiger charge is 2.27. The molecule has 1 aromatic carbocycles. The van der Waals surface area contributed by atoms with Crippen LogP contribution in [0.4, 0.5) is 0 Å². The van der Waals surface area contributed by atoms with Crippen molar-refractivity contribution in [2.75, 3.05) is 20.6 Å². The fraction of sp³-hybridized carbons (Fsp3) is 0.786. The summed E-state index contributed by atoms with van der Waals surface area (Å²) in [4.78, 5) is 0. The molecular formula is C28H52ClN. The van der Waals surface area contributed by atoms with Crippen LogP contribution in [-0.2, 0) is 0 Å². The standard InChI is InChI=1S/C28H52N.ClH/c1-5-7-8-9-10-11-12-13-14-15-16-17-18-19-23-26-28(29(3,4)6-2)27-24-21-20-22-25-27;/h20-22,24-25,28H,5-19,23,26H2,1-4H3;1H/q+1;/p-1. The van der Waals surface area contributed by atoms with Gasteiger partial charge in [-0.15, -0.1) is 0 Å². The fourth-order valence-electron chi connectivity index (χ4n) is 4.52. The zero-order valence-electron chi connectivity index (χ0n) is 20.8. The Hall–Kier alpha value is -0.530. The molecule has 0 spiro atoms. The molecule has 0 N–H and O–H groups in total. The van der Waals surface area contributed by atoms with E-state index >= 15 is 0 Å². The maximum absolute atomic E-state index is 2.39. The topological polar surface area (TPSA) is 0 Å². The highest BCUT2D eigenvalue weighted by atomic mass is 35.5. The Bertz CT molecular complexity index is 471. The highest BCUT2D eigenvalue weighted by molar-refractivity contribution is 5.17. The van der Waals surface area contributed by atoms with E-state index in [2.05, 4.69) is 58.3 Å². The lowest BCUT2D eigenvalue weighted by molar-refractivity contribution is -0.920. The van der Waals surface area contributed by atoms with Crippen LogP contribution in [0.3, 0.4) is 0 Å². The normalized spacial score (nSPS) is 12.5. The van der Waals surface area contributed by atoms with Crippen molar-refractivity contribution in [1.29, 1.82) is 0 Å². The third kappa shape index (κ3) is 13.7. The summed E-state index contributed by atoms with van der Waals surface area (Å²) < 4.78 is 1.10. The summed E-state index contributed by atoms with van der Waals surface area (Å²) in [5.41, 5.74) is 1.52. The van der Waals surface area contributed by atoms with Crippen molar-refractivity contribution in [3.63, 3.8) is 0 Å². The molecule has 0 fully saturated rings. The van der Waals surface area contributed by atoms with Crippen LogP contribution in [0.25, 0.3) is 0 Å². The summed E-state index contributed by atoms with van der Waals surface area (Å²) in [6, 6.07) is 11.8. The van der Waals surface area contributed by atoms with Crippen molar-refractivity contribution in [2.24, 2.45) is 0 Å². The van der Waals surface area contributed by atoms with Crippen molar-refractivity contribution < 1.29 is 16.9 Å². The van der Waals surface area contributed by atoms with Crippen LogP contribution < -0.4 is 12.4 Å². The van der Waals surface area contributed by atoms with Gasteiger partial charge in [0.05, 0.1) is 20.6 Å². The lowest BCUT2D eigenvalue weighted by atomic mass is 9.96. The van der Waals surface area contributed by atoms with Gasteiger partial charge < -0.3 is 16.9 Å². The number of rotatable bonds is 19. The van der Waals surface area contributed by atoms with Gasteiger partial charge in [0, 0.05) is 12.0 Å². The summed E-state index contributed by atoms with van der Waals surface area (Å²) in [6.07, 6.45) is 23.0. The minimum Gasteiger partial charge on any atom is -1.00 e. The second-order valence-electron chi connectivity index (χ2n) is 9.76. The molecule has 0 saturated carbocycles. The first-order valence-electron chi connectivity index (χ1n) is 13.0. The number of benzene rings is 1. The van der Waals surface area contributed by atoms with Crippen LogP contribution in [0.5, 0.6) is 0 Å². The molecule has 1 nitrogen and oxygen atoms in total. The first-order valence-corrected chi connectivity index (χ1v) is 13.0. The molecule has 0 aliphatic rings. The number of nitrogens with zero attached hydrogens (tertiary/aromatic N) is 1. The maximum Gasteiger partial charge on any atom is 0.114 e. The minimum absolute atomic E-state index is 0. The highest BCUT2D eigenvalue weighted by Crippen LogP contribution is 2.30. The Balaban J connectivity index is 0.00000841. The lowest BCUT2D eigenvalue weighted by Gasteiger charge is -2.37. The van der Waals surface area contributed by atoms with Gasteiger partial charge >= 0.3 is 0 Å². The van der Waals surface area contributed by atoms with Gasteiger partial charge in [0.15, 0.2) is 0 Å². The predicted molar refractivity (Wildman–Crippen MR) is 131 cm³/mol. The van der Waals surface area contributed by atoms with Gasteiger partial charge in [-0.25, -0.2) is 0 Å². The third-order valence-corrected chi connectivity index (χ3v) is 6.92. The number of unbranched alkanes of at least 4 members (excludes halogenated alkanes) is 14. The van der Waals surface area contributed by atoms with Crippen molar-refractivity contribution in [2.45, 2.75) is 123 Å². The summed E-state index contributed by atoms with van der Waals surface area (Å²) in [6.45, 7) is 5.81. The smallest absolute Gasteiger partial charge is 0.114 e. The molecule has 1 unspecified atom stereocenters. The van der Waals surface area contributed by atoms with E-state index in [-0.39, 0.29) is 12.4 Å². The third-order valence-electron chi connectivity index (χ3n) is 6.92. The number of halogens is 1. The Morgan fingerprint density at radius 2 is 1.00 bits per heavy atom. The minimum atomic E-state index is 0. The second-order valence-corrected chi connectivity index (χ2v) is 9.76. The van der Waals surface area contributed by atoms with Gasteiger partial charge in [-0.05, 0) is 13.3 Å². The quantitative estimate of drug-likeness (QED) is 0.181. The van der Waals surface area contributed by atoms with E-state index in [1.165, 1.54) is 115 Å². The maximum atomic E-state index is 2.39. The monoisotopic (exact) mass is 437 g/mol. The van der Waals surface area contributed by atoms with Crippen LogP contribution in [0.15, 0.2) is 30.3 Å². The van der Waals surface area contributed by atoms with E-state index in [1.807, 2.05) is 0 Å². The molecule has 0 bridgehead atoms. The Morgan fingerprint density at radius 1 is 0.600 bits per heavy atom. The molecule has 176 valence electrons. The molecule has 1 atom stereocenters. The molecule has 0 amide bonds. The van der Waals surface area contributed by atoms with Gasteiger partial charge in [0.1, 0.15) is 6.04 Å². The predicted octanol–water partition coefficient (Wildman–Crippen LogP) is 6.09. The lowest BCUT2D eigenvalue weighted by Crippen LogP contribution is -3.00. The van der Waals surface area contributed by atoms with Crippen molar-refractivity contribution >= 4 is 0 Å². The number of quaternary nitrogens is 1. The Kier molecular flexibility index (Phi) is 18.8. The van der Waals surface area contributed by atoms with Crippen LogP contribution in [0, 0.1) is 0 Å². The summed E-state index contributed by atoms with van der Waals surface area (Å²) in [5, 5.41) is 0. The van der Waals surface area contributed by atoms with Crippen molar-refractivity contribution in [3.05, 3.63) is 35.9 Å². The van der Waals surface area contributed by atoms with Crippen molar-refractivity contribution in [3.8, 4) is 0 Å². The van der Waals surface area contributed by atoms with Crippen LogP contribution >= 0.6 is 0 Å². The second kappa shape index (κ2) is 19.2. The molecule has 2 heteroatoms. The van der Waals surface area contributed by atoms with E-state index in [0.29, 0.717) is 6.04 Å². The number of hydrogen-bond donors (Lipinski definition) is 0. The zero-order chi connectivity index (χ0) is 21.2. The molecule has 0 radical (unpaired) electrons. The van der Waals surface area contributed by atoms with E-state index in [1.54, 1.807) is 0 Å². The van der Waals surface area contributed by atoms with Crippen molar-refractivity contribution in [1.82, 2.24) is 0 Å². The van der Waals surface area contributed by atoms with Gasteiger partial charge in [0.25, 0.3) is 0 Å². The number of hydrogen-bond acceptors (Lipinski definition) is 0. The first kappa shape index (κ1) is 29.5. The van der Waals surface area contributed by atoms with Gasteiger partial charge in [-0.3, -0.25) is 0 Å². The summed E-state index contributed by atoms with van der Waals surface area (Å²) in [5.74, 6) is 0. The first-order chi connectivity index (χ1) is 14.1. The molecule has 0 aliphatic heterocycles. The average Bonchev–Trinajstić information content (AvgIpc) is 2.74. The Morgan fingerprint density at radius 3 is 1.40 bits per heavy atom. The molecule has 30 heavy (non-hydrogen) atoms. The molecule has 0 saturated heterocycles. The molecular weight excluding hydrogens is 386 g/mol. The molecule has 1 aromatic rings. The van der Waals surface area contributed by atoms with Gasteiger partial charge in [-0.2, -0.15) is 0 Å². The van der Waals surface area contributed by atoms with Crippen LogP contribution in [0.1, 0.15) is 128 Å². The van der Waals surface area contributed by atoms with Crippen LogP contribution in [0.2, 0.25) is 0 Å². The summed E-state index contributed by atoms with van der Waals surface area (Å²) >= 11 is 0. The fourth-order valence-corrected chi connectivity index (χ4v) is 4.52. The van der Waals surface area contributed by atoms with E-state index in [9.17, 15) is 0 Å². The van der Waals surface area contributed by atoms with Crippen LogP contribution in [-0.4, -0.2) is 25.1 Å². The van der Waals surface area contributed by atoms with Gasteiger partial charge in [-0.1, -0.05) is 127 Å².